The lowest BCUT2D eigenvalue weighted by molar-refractivity contribution is -0.140. The van der Waals surface area contributed by atoms with Crippen molar-refractivity contribution in [2.24, 2.45) is 0 Å². The lowest BCUT2D eigenvalue weighted by atomic mass is 9.84. The van der Waals surface area contributed by atoms with Crippen LogP contribution < -0.4 is 16.0 Å². The van der Waals surface area contributed by atoms with E-state index < -0.39 is 17.4 Å². The van der Waals surface area contributed by atoms with E-state index in [1.54, 1.807) is 32.1 Å². The third-order valence-corrected chi connectivity index (χ3v) is 5.45. The average Bonchev–Trinajstić information content (AvgIpc) is 3.20. The summed E-state index contributed by atoms with van der Waals surface area (Å²) < 4.78 is 0. The molecule has 1 aromatic heterocycles. The normalized spacial score (nSPS) is 16.3. The molecule has 138 valence electrons. The van der Waals surface area contributed by atoms with Crippen LogP contribution in [0.3, 0.4) is 0 Å². The lowest BCUT2D eigenvalue weighted by Crippen LogP contribution is -2.50. The fourth-order valence-electron chi connectivity index (χ4n) is 3.11. The molecule has 0 aromatic carbocycles. The summed E-state index contributed by atoms with van der Waals surface area (Å²) in [6, 6.07) is 4.16. The van der Waals surface area contributed by atoms with Gasteiger partial charge in [0, 0.05) is 22.4 Å². The van der Waals surface area contributed by atoms with Crippen molar-refractivity contribution in [2.45, 2.75) is 57.4 Å². The van der Waals surface area contributed by atoms with Crippen LogP contribution >= 0.6 is 11.3 Å². The van der Waals surface area contributed by atoms with Crippen LogP contribution in [0.5, 0.6) is 0 Å². The molecule has 25 heavy (non-hydrogen) atoms. The summed E-state index contributed by atoms with van der Waals surface area (Å²) >= 11 is 1.72. The summed E-state index contributed by atoms with van der Waals surface area (Å²) in [5.74, 6) is -1.80. The van der Waals surface area contributed by atoms with Gasteiger partial charge in [-0.1, -0.05) is 18.9 Å². The van der Waals surface area contributed by atoms with Crippen molar-refractivity contribution < 1.29 is 14.4 Å². The van der Waals surface area contributed by atoms with Crippen LogP contribution in [0.15, 0.2) is 17.5 Å². The molecule has 1 aliphatic carbocycles. The van der Waals surface area contributed by atoms with Crippen LogP contribution in [-0.4, -0.2) is 36.3 Å². The number of hydrogen-bond acceptors (Lipinski definition) is 4. The highest BCUT2D eigenvalue weighted by molar-refractivity contribution is 7.10. The minimum atomic E-state index is -0.793. The van der Waals surface area contributed by atoms with Crippen LogP contribution in [0.2, 0.25) is 0 Å². The molecule has 0 bridgehead atoms. The van der Waals surface area contributed by atoms with Gasteiger partial charge in [0.2, 0.25) is 5.91 Å². The van der Waals surface area contributed by atoms with Crippen molar-refractivity contribution in [1.82, 2.24) is 16.0 Å². The van der Waals surface area contributed by atoms with Gasteiger partial charge in [-0.15, -0.1) is 11.3 Å². The molecule has 1 fully saturated rings. The predicted molar refractivity (Wildman–Crippen MR) is 98.4 cm³/mol. The van der Waals surface area contributed by atoms with Crippen molar-refractivity contribution in [3.05, 3.63) is 22.4 Å². The van der Waals surface area contributed by atoms with Gasteiger partial charge in [-0.2, -0.15) is 0 Å². The highest BCUT2D eigenvalue weighted by Gasteiger charge is 2.36. The van der Waals surface area contributed by atoms with E-state index in [-0.39, 0.29) is 17.9 Å². The van der Waals surface area contributed by atoms with E-state index in [0.29, 0.717) is 6.54 Å². The molecule has 0 saturated heterocycles. The molecule has 0 unspecified atom stereocenters. The molecule has 0 atom stereocenters. The molecule has 1 saturated carbocycles. The summed E-state index contributed by atoms with van der Waals surface area (Å²) in [5, 5.41) is 9.91. The molecule has 3 N–H and O–H groups in total. The minimum absolute atomic E-state index is 0.0114. The molecular weight excluding hydrogens is 338 g/mol. The van der Waals surface area contributed by atoms with E-state index in [1.165, 1.54) is 4.88 Å². The zero-order valence-corrected chi connectivity index (χ0v) is 15.9. The summed E-state index contributed by atoms with van der Waals surface area (Å²) in [6.45, 7) is 5.73. The maximum absolute atomic E-state index is 12.1. The Balaban J connectivity index is 1.80. The summed E-state index contributed by atoms with van der Waals surface area (Å²) in [5.41, 5.74) is -0.482. The molecule has 0 spiro atoms. The van der Waals surface area contributed by atoms with Gasteiger partial charge < -0.3 is 16.0 Å². The van der Waals surface area contributed by atoms with Gasteiger partial charge in [0.15, 0.2) is 0 Å². The predicted octanol–water partition coefficient (Wildman–Crippen LogP) is 1.71. The van der Waals surface area contributed by atoms with E-state index in [1.807, 2.05) is 6.07 Å². The van der Waals surface area contributed by atoms with Crippen LogP contribution in [0, 0.1) is 0 Å². The molecule has 6 nitrogen and oxygen atoms in total. The number of carbonyl (C=O) groups is 3. The SMILES string of the molecule is CC(C)(C)NC(=O)C(=O)NCC(=O)NCC1(c2cccs2)CCCC1. The maximum Gasteiger partial charge on any atom is 0.309 e. The van der Waals surface area contributed by atoms with Crippen LogP contribution in [0.4, 0.5) is 0 Å². The van der Waals surface area contributed by atoms with Gasteiger partial charge >= 0.3 is 11.8 Å². The highest BCUT2D eigenvalue weighted by atomic mass is 32.1. The molecule has 0 radical (unpaired) electrons. The first kappa shape index (κ1) is 19.4. The summed E-state index contributed by atoms with van der Waals surface area (Å²) in [7, 11) is 0. The van der Waals surface area contributed by atoms with Crippen LogP contribution in [-0.2, 0) is 19.8 Å². The van der Waals surface area contributed by atoms with Gasteiger partial charge in [-0.05, 0) is 45.1 Å². The molecule has 2 rings (SSSR count). The zero-order valence-electron chi connectivity index (χ0n) is 15.1. The Bertz CT molecular complexity index is 614. The Morgan fingerprint density at radius 1 is 1.12 bits per heavy atom. The van der Waals surface area contributed by atoms with Crippen molar-refractivity contribution in [1.29, 1.82) is 0 Å². The van der Waals surface area contributed by atoms with E-state index >= 15 is 0 Å². The fraction of sp³-hybridized carbons (Fsp3) is 0.611. The number of carbonyl (C=O) groups excluding carboxylic acids is 3. The molecule has 1 aromatic rings. The van der Waals surface area contributed by atoms with Crippen molar-refractivity contribution in [3.8, 4) is 0 Å². The fourth-order valence-corrected chi connectivity index (χ4v) is 4.10. The number of rotatable bonds is 5. The standard InChI is InChI=1S/C18H27N3O3S/c1-17(2,3)21-16(24)15(23)19-11-14(22)20-12-18(8-4-5-9-18)13-7-6-10-25-13/h6-7,10H,4-5,8-9,11-12H2,1-3H3,(H,19,23)(H,20,22)(H,21,24). The van der Waals surface area contributed by atoms with Crippen molar-refractivity contribution >= 4 is 29.1 Å². The van der Waals surface area contributed by atoms with Gasteiger partial charge in [0.1, 0.15) is 0 Å². The topological polar surface area (TPSA) is 87.3 Å². The number of nitrogens with one attached hydrogen (secondary N) is 3. The number of hydrogen-bond donors (Lipinski definition) is 3. The van der Waals surface area contributed by atoms with Crippen molar-refractivity contribution in [2.75, 3.05) is 13.1 Å². The van der Waals surface area contributed by atoms with E-state index in [9.17, 15) is 14.4 Å². The first-order valence-corrected chi connectivity index (χ1v) is 9.51. The van der Waals surface area contributed by atoms with Crippen LogP contribution in [0.1, 0.15) is 51.3 Å². The second-order valence-electron chi connectivity index (χ2n) is 7.63. The van der Waals surface area contributed by atoms with Gasteiger partial charge in [0.25, 0.3) is 0 Å². The second kappa shape index (κ2) is 7.99. The largest absolute Gasteiger partial charge is 0.354 e. The Morgan fingerprint density at radius 2 is 1.80 bits per heavy atom. The Labute approximate surface area is 152 Å². The van der Waals surface area contributed by atoms with Gasteiger partial charge in [0.05, 0.1) is 6.54 Å². The first-order valence-electron chi connectivity index (χ1n) is 8.63. The van der Waals surface area contributed by atoms with Gasteiger partial charge in [-0.25, -0.2) is 0 Å². The molecule has 1 heterocycles. The zero-order chi connectivity index (χ0) is 18.5. The molecule has 1 aliphatic rings. The highest BCUT2D eigenvalue weighted by Crippen LogP contribution is 2.42. The third-order valence-electron chi connectivity index (χ3n) is 4.33. The molecule has 3 amide bonds. The van der Waals surface area contributed by atoms with Gasteiger partial charge in [-0.3, -0.25) is 14.4 Å². The smallest absolute Gasteiger partial charge is 0.309 e. The summed E-state index contributed by atoms with van der Waals surface area (Å²) in [4.78, 5) is 36.8. The molecule has 7 heteroatoms. The molecule has 0 aliphatic heterocycles. The Hall–Kier alpha value is -1.89. The average molecular weight is 365 g/mol. The summed E-state index contributed by atoms with van der Waals surface area (Å²) in [6.07, 6.45) is 4.46. The number of thiophene rings is 1. The Morgan fingerprint density at radius 3 is 2.36 bits per heavy atom. The maximum atomic E-state index is 12.1. The molecular formula is C18H27N3O3S. The van der Waals surface area contributed by atoms with E-state index in [2.05, 4.69) is 27.4 Å². The van der Waals surface area contributed by atoms with E-state index in [0.717, 1.165) is 25.7 Å². The quantitative estimate of drug-likeness (QED) is 0.694. The lowest BCUT2D eigenvalue weighted by Gasteiger charge is -2.28. The van der Waals surface area contributed by atoms with Crippen molar-refractivity contribution in [3.63, 3.8) is 0 Å². The second-order valence-corrected chi connectivity index (χ2v) is 8.58. The minimum Gasteiger partial charge on any atom is -0.354 e. The van der Waals surface area contributed by atoms with E-state index in [4.69, 9.17) is 0 Å². The number of amides is 3. The first-order chi connectivity index (χ1) is 11.7. The Kier molecular flexibility index (Phi) is 6.21. The monoisotopic (exact) mass is 365 g/mol. The third kappa shape index (κ3) is 5.56. The van der Waals surface area contributed by atoms with Crippen LogP contribution in [0.25, 0.3) is 0 Å².